The van der Waals surface area contributed by atoms with Gasteiger partial charge in [-0.25, -0.2) is 4.39 Å². The van der Waals surface area contributed by atoms with Crippen LogP contribution in [0.4, 0.5) is 10.1 Å². The van der Waals surface area contributed by atoms with Crippen molar-refractivity contribution in [3.05, 3.63) is 29.6 Å². The van der Waals surface area contributed by atoms with Gasteiger partial charge in [0.25, 0.3) is 0 Å². The van der Waals surface area contributed by atoms with Crippen LogP contribution in [-0.4, -0.2) is 11.9 Å². The number of halogens is 1. The summed E-state index contributed by atoms with van der Waals surface area (Å²) in [6, 6.07) is 3.83. The molecule has 78 valence electrons. The van der Waals surface area contributed by atoms with E-state index in [0.29, 0.717) is 11.3 Å². The summed E-state index contributed by atoms with van der Waals surface area (Å²) in [6.07, 6.45) is -0.0265. The van der Waals surface area contributed by atoms with Crippen molar-refractivity contribution in [1.82, 2.24) is 0 Å². The van der Waals surface area contributed by atoms with Gasteiger partial charge in [-0.1, -0.05) is 0 Å². The van der Waals surface area contributed by atoms with Crippen LogP contribution in [0.2, 0.25) is 0 Å². The van der Waals surface area contributed by atoms with Gasteiger partial charge in [-0.2, -0.15) is 0 Å². The van der Waals surface area contributed by atoms with Gasteiger partial charge in [0.15, 0.2) is 0 Å². The molecule has 16 heavy (non-hydrogen) atoms. The minimum atomic E-state index is -1.44. The first kappa shape index (κ1) is 13.2. The SMILES string of the molecule is O=C([O-])C1Cc2cc(F)ccc2NC1=O.[Na+]. The van der Waals surface area contributed by atoms with Crippen LogP contribution in [0, 0.1) is 11.7 Å². The molecule has 1 heterocycles. The van der Waals surface area contributed by atoms with E-state index in [1.54, 1.807) is 0 Å². The summed E-state index contributed by atoms with van der Waals surface area (Å²) < 4.78 is 12.8. The number of carbonyl (C=O) groups is 2. The molecule has 0 saturated carbocycles. The smallest absolute Gasteiger partial charge is 0.549 e. The summed E-state index contributed by atoms with van der Waals surface area (Å²) in [5.41, 5.74) is 0.933. The Bertz CT molecular complexity index is 450. The van der Waals surface area contributed by atoms with Crippen LogP contribution in [0.1, 0.15) is 5.56 Å². The van der Waals surface area contributed by atoms with E-state index >= 15 is 0 Å². The molecule has 0 radical (unpaired) electrons. The van der Waals surface area contributed by atoms with Crippen molar-refractivity contribution in [2.24, 2.45) is 5.92 Å². The third kappa shape index (κ3) is 2.42. The first-order chi connectivity index (χ1) is 7.08. The first-order valence-corrected chi connectivity index (χ1v) is 4.38. The third-order valence-corrected chi connectivity index (χ3v) is 2.35. The van der Waals surface area contributed by atoms with Crippen LogP contribution < -0.4 is 40.0 Å². The number of carboxylic acids is 1. The number of amides is 1. The number of carbonyl (C=O) groups excluding carboxylic acids is 2. The molecule has 0 spiro atoms. The van der Waals surface area contributed by atoms with Gasteiger partial charge >= 0.3 is 29.6 Å². The second-order valence-corrected chi connectivity index (χ2v) is 3.37. The van der Waals surface area contributed by atoms with Crippen LogP contribution >= 0.6 is 0 Å². The zero-order chi connectivity index (χ0) is 11.0. The fraction of sp³-hybridized carbons (Fsp3) is 0.200. The number of fused-ring (bicyclic) bond motifs is 1. The molecule has 1 aliphatic rings. The van der Waals surface area contributed by atoms with Gasteiger partial charge in [-0.3, -0.25) is 4.79 Å². The van der Waals surface area contributed by atoms with E-state index in [0.717, 1.165) is 0 Å². The number of rotatable bonds is 1. The molecule has 0 bridgehead atoms. The van der Waals surface area contributed by atoms with E-state index in [1.807, 2.05) is 0 Å². The molecule has 1 N–H and O–H groups in total. The van der Waals surface area contributed by atoms with Gasteiger partial charge in [-0.15, -0.1) is 0 Å². The number of anilines is 1. The van der Waals surface area contributed by atoms with E-state index in [2.05, 4.69) is 5.32 Å². The standard InChI is InChI=1S/C10H8FNO3.Na/c11-6-1-2-8-5(3-6)4-7(10(14)15)9(13)12-8;/h1-3,7H,4H2,(H,12,13)(H,14,15);/q;+1/p-1. The fourth-order valence-corrected chi connectivity index (χ4v) is 1.58. The molecule has 1 amide bonds. The number of hydrogen-bond acceptors (Lipinski definition) is 3. The second kappa shape index (κ2) is 4.95. The summed E-state index contributed by atoms with van der Waals surface area (Å²) in [5.74, 6) is -3.75. The van der Waals surface area contributed by atoms with Gasteiger partial charge in [0.2, 0.25) is 5.91 Å². The molecular formula is C10H7FNNaO3. The van der Waals surface area contributed by atoms with Crippen molar-refractivity contribution in [3.8, 4) is 0 Å². The number of hydrogen-bond donors (Lipinski definition) is 1. The van der Waals surface area contributed by atoms with Crippen molar-refractivity contribution in [2.45, 2.75) is 6.42 Å². The molecule has 0 aliphatic carbocycles. The third-order valence-electron chi connectivity index (χ3n) is 2.35. The number of aliphatic carboxylic acids is 1. The van der Waals surface area contributed by atoms with Crippen LogP contribution in [0.5, 0.6) is 0 Å². The maximum atomic E-state index is 12.8. The van der Waals surface area contributed by atoms with Crippen LogP contribution in [0.15, 0.2) is 18.2 Å². The normalized spacial score (nSPS) is 18.1. The average Bonchev–Trinajstić information content (AvgIpc) is 2.17. The van der Waals surface area contributed by atoms with Crippen molar-refractivity contribution in [1.29, 1.82) is 0 Å². The Labute approximate surface area is 113 Å². The predicted octanol–water partition coefficient (Wildman–Crippen LogP) is -3.31. The average molecular weight is 231 g/mol. The molecular weight excluding hydrogens is 224 g/mol. The van der Waals surface area contributed by atoms with E-state index < -0.39 is 23.6 Å². The molecule has 0 fully saturated rings. The van der Waals surface area contributed by atoms with Crippen LogP contribution in [0.3, 0.4) is 0 Å². The van der Waals surface area contributed by atoms with Gasteiger partial charge in [0.05, 0.1) is 11.9 Å². The van der Waals surface area contributed by atoms with Crippen LogP contribution in [0.25, 0.3) is 0 Å². The molecule has 1 atom stereocenters. The molecule has 0 aromatic heterocycles. The van der Waals surface area contributed by atoms with Gasteiger partial charge < -0.3 is 15.2 Å². The molecule has 0 saturated heterocycles. The second-order valence-electron chi connectivity index (χ2n) is 3.37. The molecule has 4 nitrogen and oxygen atoms in total. The largest absolute Gasteiger partial charge is 1.00 e. The fourth-order valence-electron chi connectivity index (χ4n) is 1.58. The summed E-state index contributed by atoms with van der Waals surface area (Å²) in [7, 11) is 0. The molecule has 2 rings (SSSR count). The number of carboxylic acid groups (broad SMARTS) is 1. The Morgan fingerprint density at radius 1 is 1.50 bits per heavy atom. The molecule has 1 aromatic carbocycles. The quantitative estimate of drug-likeness (QED) is 0.406. The number of benzene rings is 1. The summed E-state index contributed by atoms with van der Waals surface area (Å²) in [6.45, 7) is 0. The topological polar surface area (TPSA) is 69.2 Å². The van der Waals surface area contributed by atoms with Crippen molar-refractivity contribution in [2.75, 3.05) is 5.32 Å². The molecule has 1 aromatic rings. The molecule has 1 aliphatic heterocycles. The maximum Gasteiger partial charge on any atom is 1.00 e. The van der Waals surface area contributed by atoms with E-state index in [-0.39, 0.29) is 36.0 Å². The minimum Gasteiger partial charge on any atom is -0.549 e. The minimum absolute atomic E-state index is 0. The zero-order valence-corrected chi connectivity index (χ0v) is 10.6. The first-order valence-electron chi connectivity index (χ1n) is 4.38. The van der Waals surface area contributed by atoms with E-state index in [4.69, 9.17) is 0 Å². The van der Waals surface area contributed by atoms with Crippen molar-refractivity contribution >= 4 is 17.6 Å². The Morgan fingerprint density at radius 2 is 2.19 bits per heavy atom. The molecule has 6 heteroatoms. The Balaban J connectivity index is 0.00000128. The van der Waals surface area contributed by atoms with Crippen molar-refractivity contribution < 1.29 is 48.6 Å². The van der Waals surface area contributed by atoms with Gasteiger partial charge in [-0.05, 0) is 30.2 Å². The van der Waals surface area contributed by atoms with E-state index in [1.165, 1.54) is 18.2 Å². The zero-order valence-electron chi connectivity index (χ0n) is 8.62. The Kier molecular flexibility index (Phi) is 4.07. The maximum absolute atomic E-state index is 12.8. The van der Waals surface area contributed by atoms with Crippen LogP contribution in [-0.2, 0) is 16.0 Å². The summed E-state index contributed by atoms with van der Waals surface area (Å²) in [4.78, 5) is 21.9. The molecule has 1 unspecified atom stereocenters. The van der Waals surface area contributed by atoms with Crippen molar-refractivity contribution in [3.63, 3.8) is 0 Å². The predicted molar refractivity (Wildman–Crippen MR) is 47.2 cm³/mol. The van der Waals surface area contributed by atoms with Gasteiger partial charge in [0, 0.05) is 5.69 Å². The Morgan fingerprint density at radius 3 is 2.81 bits per heavy atom. The number of nitrogens with one attached hydrogen (secondary N) is 1. The Hall–Kier alpha value is -0.910. The summed E-state index contributed by atoms with van der Waals surface area (Å²) in [5, 5.41) is 13.0. The van der Waals surface area contributed by atoms with E-state index in [9.17, 15) is 19.1 Å². The summed E-state index contributed by atoms with van der Waals surface area (Å²) >= 11 is 0. The monoisotopic (exact) mass is 231 g/mol. The van der Waals surface area contributed by atoms with Gasteiger partial charge in [0.1, 0.15) is 5.82 Å².